The number of fused-ring (bicyclic) bond motifs is 6. The third kappa shape index (κ3) is 5.12. The van der Waals surface area contributed by atoms with Gasteiger partial charge in [-0.2, -0.15) is 0 Å². The van der Waals surface area contributed by atoms with E-state index in [0.29, 0.717) is 17.5 Å². The van der Waals surface area contributed by atoms with Gasteiger partial charge in [0.15, 0.2) is 17.5 Å². The van der Waals surface area contributed by atoms with Gasteiger partial charge in [0.25, 0.3) is 0 Å². The van der Waals surface area contributed by atoms with E-state index in [1.165, 1.54) is 22.3 Å². The van der Waals surface area contributed by atoms with Crippen molar-refractivity contribution in [3.05, 3.63) is 175 Å². The number of para-hydroxylation sites is 1. The predicted molar refractivity (Wildman–Crippen MR) is 215 cm³/mol. The van der Waals surface area contributed by atoms with Crippen LogP contribution in [0.2, 0.25) is 0 Å². The van der Waals surface area contributed by atoms with Gasteiger partial charge in [0, 0.05) is 50.8 Å². The molecule has 0 fully saturated rings. The molecule has 53 heavy (non-hydrogen) atoms. The summed E-state index contributed by atoms with van der Waals surface area (Å²) >= 11 is 0. The Morgan fingerprint density at radius 2 is 1.00 bits per heavy atom. The Morgan fingerprint density at radius 3 is 1.75 bits per heavy atom. The molecule has 0 spiro atoms. The largest absolute Gasteiger partial charge is 0.264 e. The maximum atomic E-state index is 5.31. The Hall–Kier alpha value is -6.85. The second kappa shape index (κ2) is 12.1. The molecule has 0 atom stereocenters. The quantitative estimate of drug-likeness (QED) is 0.169. The van der Waals surface area contributed by atoms with Crippen molar-refractivity contribution in [1.82, 2.24) is 24.9 Å². The lowest BCUT2D eigenvalue weighted by Crippen LogP contribution is -2.14. The molecule has 0 unspecified atom stereocenters. The molecule has 6 aromatic carbocycles. The Labute approximate surface area is 307 Å². The van der Waals surface area contributed by atoms with Crippen LogP contribution in [0.1, 0.15) is 25.0 Å². The lowest BCUT2D eigenvalue weighted by atomic mass is 9.82. The van der Waals surface area contributed by atoms with Gasteiger partial charge in [0.1, 0.15) is 0 Å². The minimum absolute atomic E-state index is 0.131. The van der Waals surface area contributed by atoms with Crippen molar-refractivity contribution in [2.75, 3.05) is 0 Å². The standard InChI is InChI=1S/C48H33N5/c1-48(2)40-21-11-9-19-38(40)43-35(20-13-22-41(43)48)32-26-33(44-39-29-49-25-24-36(39)37-18-10-12-23-42(37)50-44)28-34(27-32)47-52-45(30-14-5-3-6-15-30)51-46(53-47)31-16-7-4-8-17-31/h3-29H,1-2H3. The molecule has 0 aliphatic heterocycles. The third-order valence-electron chi connectivity index (χ3n) is 10.6. The van der Waals surface area contributed by atoms with Gasteiger partial charge in [-0.15, -0.1) is 0 Å². The second-order valence-electron chi connectivity index (χ2n) is 14.1. The Bertz CT molecular complexity index is 2810. The first-order valence-corrected chi connectivity index (χ1v) is 17.9. The van der Waals surface area contributed by atoms with E-state index in [9.17, 15) is 0 Å². The second-order valence-corrected chi connectivity index (χ2v) is 14.1. The SMILES string of the molecule is CC1(C)c2ccccc2-c2c(-c3cc(-c4nc(-c5ccccc5)nc(-c5ccccc5)n4)cc(-c4nc5ccccc5c5ccncc45)c3)cccc21. The van der Waals surface area contributed by atoms with E-state index >= 15 is 0 Å². The number of hydrogen-bond acceptors (Lipinski definition) is 5. The molecular formula is C48H33N5. The number of aromatic nitrogens is 5. The molecule has 0 N–H and O–H groups in total. The minimum atomic E-state index is -0.131. The van der Waals surface area contributed by atoms with Gasteiger partial charge in [-0.3, -0.25) is 4.98 Å². The number of rotatable bonds is 5. The van der Waals surface area contributed by atoms with E-state index in [4.69, 9.17) is 19.9 Å². The summed E-state index contributed by atoms with van der Waals surface area (Å²) in [5.41, 5.74) is 12.8. The molecule has 1 aliphatic rings. The molecule has 10 rings (SSSR count). The van der Waals surface area contributed by atoms with Crippen LogP contribution in [-0.4, -0.2) is 24.9 Å². The van der Waals surface area contributed by atoms with Crippen LogP contribution in [0.15, 0.2) is 164 Å². The third-order valence-corrected chi connectivity index (χ3v) is 10.6. The molecular weight excluding hydrogens is 647 g/mol. The van der Waals surface area contributed by atoms with Crippen LogP contribution in [0.5, 0.6) is 0 Å². The lowest BCUT2D eigenvalue weighted by molar-refractivity contribution is 0.660. The van der Waals surface area contributed by atoms with Gasteiger partial charge < -0.3 is 0 Å². The predicted octanol–water partition coefficient (Wildman–Crippen LogP) is 11.6. The minimum Gasteiger partial charge on any atom is -0.264 e. The van der Waals surface area contributed by atoms with Crippen molar-refractivity contribution >= 4 is 21.7 Å². The van der Waals surface area contributed by atoms with Crippen molar-refractivity contribution in [1.29, 1.82) is 0 Å². The Balaban J connectivity index is 1.28. The Kier molecular flexibility index (Phi) is 7.08. The lowest BCUT2D eigenvalue weighted by Gasteiger charge is -2.21. The van der Waals surface area contributed by atoms with E-state index in [-0.39, 0.29) is 5.41 Å². The zero-order valence-electron chi connectivity index (χ0n) is 29.3. The van der Waals surface area contributed by atoms with E-state index in [0.717, 1.165) is 60.8 Å². The maximum absolute atomic E-state index is 5.31. The van der Waals surface area contributed by atoms with E-state index in [1.807, 2.05) is 79.1 Å². The molecule has 3 heterocycles. The zero-order chi connectivity index (χ0) is 35.5. The van der Waals surface area contributed by atoms with E-state index < -0.39 is 0 Å². The number of nitrogens with zero attached hydrogens (tertiary/aromatic N) is 5. The van der Waals surface area contributed by atoms with Crippen molar-refractivity contribution in [3.8, 4) is 67.7 Å². The van der Waals surface area contributed by atoms with Crippen LogP contribution >= 0.6 is 0 Å². The van der Waals surface area contributed by atoms with Crippen LogP contribution in [-0.2, 0) is 5.41 Å². The first-order chi connectivity index (χ1) is 26.0. The van der Waals surface area contributed by atoms with Crippen LogP contribution < -0.4 is 0 Å². The Morgan fingerprint density at radius 1 is 0.415 bits per heavy atom. The highest BCUT2D eigenvalue weighted by Gasteiger charge is 2.36. The topological polar surface area (TPSA) is 64.5 Å². The summed E-state index contributed by atoms with van der Waals surface area (Å²) in [6.45, 7) is 4.64. The summed E-state index contributed by atoms with van der Waals surface area (Å²) in [4.78, 5) is 25.2. The van der Waals surface area contributed by atoms with Crippen molar-refractivity contribution in [2.24, 2.45) is 0 Å². The first-order valence-electron chi connectivity index (χ1n) is 17.9. The van der Waals surface area contributed by atoms with Crippen LogP contribution in [0.3, 0.4) is 0 Å². The van der Waals surface area contributed by atoms with Gasteiger partial charge in [0.2, 0.25) is 0 Å². The van der Waals surface area contributed by atoms with Crippen LogP contribution in [0.25, 0.3) is 89.4 Å². The van der Waals surface area contributed by atoms with Crippen molar-refractivity contribution in [3.63, 3.8) is 0 Å². The number of benzene rings is 6. The van der Waals surface area contributed by atoms with Gasteiger partial charge in [-0.25, -0.2) is 19.9 Å². The molecule has 0 bridgehead atoms. The molecule has 0 radical (unpaired) electrons. The smallest absolute Gasteiger partial charge is 0.164 e. The zero-order valence-corrected chi connectivity index (χ0v) is 29.3. The van der Waals surface area contributed by atoms with Crippen LogP contribution in [0.4, 0.5) is 0 Å². The summed E-state index contributed by atoms with van der Waals surface area (Å²) in [7, 11) is 0. The molecule has 9 aromatic rings. The molecule has 3 aromatic heterocycles. The average Bonchev–Trinajstić information content (AvgIpc) is 3.47. The van der Waals surface area contributed by atoms with Gasteiger partial charge >= 0.3 is 0 Å². The summed E-state index contributed by atoms with van der Waals surface area (Å²) in [6, 6.07) is 52.8. The molecule has 5 nitrogen and oxygen atoms in total. The van der Waals surface area contributed by atoms with Gasteiger partial charge in [-0.05, 0) is 69.1 Å². The molecule has 0 saturated heterocycles. The van der Waals surface area contributed by atoms with Gasteiger partial charge in [0.05, 0.1) is 11.2 Å². The van der Waals surface area contributed by atoms with Crippen LogP contribution in [0, 0.1) is 0 Å². The van der Waals surface area contributed by atoms with Crippen molar-refractivity contribution < 1.29 is 0 Å². The monoisotopic (exact) mass is 679 g/mol. The normalized spacial score (nSPS) is 12.9. The molecule has 250 valence electrons. The van der Waals surface area contributed by atoms with E-state index in [2.05, 4.69) is 104 Å². The average molecular weight is 680 g/mol. The summed E-state index contributed by atoms with van der Waals surface area (Å²) in [6.07, 6.45) is 3.79. The highest BCUT2D eigenvalue weighted by Crippen LogP contribution is 2.52. The number of pyridine rings is 2. The first kappa shape index (κ1) is 30.9. The fraction of sp³-hybridized carbons (Fsp3) is 0.0625. The summed E-state index contributed by atoms with van der Waals surface area (Å²) in [5, 5.41) is 3.20. The summed E-state index contributed by atoms with van der Waals surface area (Å²) < 4.78 is 0. The highest BCUT2D eigenvalue weighted by molar-refractivity contribution is 6.11. The number of hydrogen-bond donors (Lipinski definition) is 0. The molecule has 0 amide bonds. The fourth-order valence-electron chi connectivity index (χ4n) is 8.00. The molecule has 0 saturated carbocycles. The van der Waals surface area contributed by atoms with Gasteiger partial charge in [-0.1, -0.05) is 135 Å². The maximum Gasteiger partial charge on any atom is 0.164 e. The highest BCUT2D eigenvalue weighted by atomic mass is 15.0. The molecule has 5 heteroatoms. The summed E-state index contributed by atoms with van der Waals surface area (Å²) in [5.74, 6) is 1.84. The fourth-order valence-corrected chi connectivity index (χ4v) is 8.00. The molecule has 1 aliphatic carbocycles. The van der Waals surface area contributed by atoms with E-state index in [1.54, 1.807) is 0 Å². The van der Waals surface area contributed by atoms with Crippen molar-refractivity contribution in [2.45, 2.75) is 19.3 Å².